The van der Waals surface area contributed by atoms with Crippen molar-refractivity contribution in [3.63, 3.8) is 0 Å². The minimum Gasteiger partial charge on any atom is -0.477 e. The van der Waals surface area contributed by atoms with Crippen LogP contribution >= 0.6 is 23.3 Å². The topological polar surface area (TPSA) is 82.5 Å². The first-order chi connectivity index (χ1) is 8.47. The van der Waals surface area contributed by atoms with Crippen LogP contribution in [0.1, 0.15) is 10.4 Å². The largest absolute Gasteiger partial charge is 0.477 e. The highest BCUT2D eigenvalue weighted by molar-refractivity contribution is 7.99. The lowest BCUT2D eigenvalue weighted by Gasteiger charge is -2.10. The van der Waals surface area contributed by atoms with Crippen molar-refractivity contribution in [1.82, 2.24) is 9.27 Å². The van der Waals surface area contributed by atoms with Gasteiger partial charge < -0.3 is 10.0 Å². The molecule has 0 aliphatic carbocycles. The van der Waals surface area contributed by atoms with Gasteiger partial charge >= 0.3 is 12.0 Å². The Hall–Kier alpha value is -1.72. The molecule has 1 heterocycles. The minimum absolute atomic E-state index is 0.0181. The summed E-state index contributed by atoms with van der Waals surface area (Å²) in [5.74, 6) is 1.57. The third-order valence-corrected chi connectivity index (χ3v) is 3.55. The number of hydrogen-bond donors (Lipinski definition) is 2. The molecule has 0 radical (unpaired) electrons. The van der Waals surface area contributed by atoms with E-state index in [2.05, 4.69) is 15.6 Å². The number of carbonyl (C=O) groups excluding carboxylic acids is 1. The molecule has 0 aromatic carbocycles. The summed E-state index contributed by atoms with van der Waals surface area (Å²) in [4.78, 5) is 23.9. The molecule has 6 nitrogen and oxygen atoms in total. The Kier molecular flexibility index (Phi) is 5.00. The van der Waals surface area contributed by atoms with Gasteiger partial charge in [0.15, 0.2) is 0 Å². The molecular formula is C10H11N3O3S2. The van der Waals surface area contributed by atoms with Crippen LogP contribution in [0, 0.1) is 12.3 Å². The van der Waals surface area contributed by atoms with Crippen molar-refractivity contribution >= 4 is 40.3 Å². The summed E-state index contributed by atoms with van der Waals surface area (Å²) in [5.41, 5.74) is -0.0181. The van der Waals surface area contributed by atoms with Crippen molar-refractivity contribution < 1.29 is 14.7 Å². The van der Waals surface area contributed by atoms with Gasteiger partial charge in [-0.3, -0.25) is 5.32 Å². The molecule has 2 amide bonds. The highest BCUT2D eigenvalue weighted by atomic mass is 32.2. The number of aromatic carboxylic acids is 1. The first-order valence-corrected chi connectivity index (χ1v) is 6.50. The third-order valence-electron chi connectivity index (χ3n) is 1.79. The number of carbonyl (C=O) groups is 2. The number of aromatic nitrogens is 1. The van der Waals surface area contributed by atoms with Gasteiger partial charge in [0.2, 0.25) is 0 Å². The zero-order chi connectivity index (χ0) is 13.7. The van der Waals surface area contributed by atoms with Crippen molar-refractivity contribution in [2.24, 2.45) is 0 Å². The lowest BCUT2D eigenvalue weighted by Crippen LogP contribution is -2.27. The summed E-state index contributed by atoms with van der Waals surface area (Å²) in [5, 5.41) is 12.1. The summed E-state index contributed by atoms with van der Waals surface area (Å²) in [6, 6.07) is -0.408. The SMILES string of the molecule is C#CCSc1nsc(NC(=O)N(C)C)c1C(=O)O. The van der Waals surface area contributed by atoms with Crippen LogP contribution in [-0.4, -0.2) is 46.2 Å². The van der Waals surface area contributed by atoms with Gasteiger partial charge in [0.1, 0.15) is 15.6 Å². The average molecular weight is 285 g/mol. The molecule has 0 atom stereocenters. The van der Waals surface area contributed by atoms with Crippen LogP contribution in [0.25, 0.3) is 0 Å². The van der Waals surface area contributed by atoms with Gasteiger partial charge in [-0.05, 0) is 11.5 Å². The Labute approximate surface area is 113 Å². The first kappa shape index (κ1) is 14.3. The van der Waals surface area contributed by atoms with Gasteiger partial charge in [-0.2, -0.15) is 4.37 Å². The second-order valence-corrected chi connectivity index (χ2v) is 5.05. The summed E-state index contributed by atoms with van der Waals surface area (Å²) >= 11 is 2.07. The van der Waals surface area contributed by atoms with Crippen LogP contribution in [0.15, 0.2) is 5.03 Å². The Morgan fingerprint density at radius 3 is 2.78 bits per heavy atom. The van der Waals surface area contributed by atoms with E-state index in [-0.39, 0.29) is 10.6 Å². The van der Waals surface area contributed by atoms with E-state index in [0.717, 1.165) is 23.3 Å². The summed E-state index contributed by atoms with van der Waals surface area (Å²) < 4.78 is 3.98. The number of amides is 2. The maximum atomic E-state index is 11.5. The van der Waals surface area contributed by atoms with E-state index < -0.39 is 12.0 Å². The fourth-order valence-corrected chi connectivity index (χ4v) is 2.58. The van der Waals surface area contributed by atoms with E-state index in [1.165, 1.54) is 4.90 Å². The predicted octanol–water partition coefficient (Wildman–Crippen LogP) is 1.66. The van der Waals surface area contributed by atoms with E-state index in [4.69, 9.17) is 11.5 Å². The van der Waals surface area contributed by atoms with Crippen molar-refractivity contribution in [3.05, 3.63) is 5.56 Å². The zero-order valence-electron chi connectivity index (χ0n) is 9.76. The molecule has 2 N–H and O–H groups in total. The predicted molar refractivity (Wildman–Crippen MR) is 71.3 cm³/mol. The maximum Gasteiger partial charge on any atom is 0.341 e. The smallest absolute Gasteiger partial charge is 0.341 e. The molecule has 0 fully saturated rings. The molecule has 8 heteroatoms. The number of rotatable bonds is 4. The quantitative estimate of drug-likeness (QED) is 0.649. The van der Waals surface area contributed by atoms with Gasteiger partial charge in [-0.1, -0.05) is 17.7 Å². The molecule has 0 saturated heterocycles. The number of nitrogens with one attached hydrogen (secondary N) is 1. The van der Waals surface area contributed by atoms with Crippen LogP contribution in [0.5, 0.6) is 0 Å². The summed E-state index contributed by atoms with van der Waals surface area (Å²) in [6.07, 6.45) is 5.11. The van der Waals surface area contributed by atoms with E-state index in [1.807, 2.05) is 0 Å². The molecule has 96 valence electrons. The van der Waals surface area contributed by atoms with Gasteiger partial charge in [-0.25, -0.2) is 9.59 Å². The number of urea groups is 1. The number of hydrogen-bond acceptors (Lipinski definition) is 5. The van der Waals surface area contributed by atoms with Crippen LogP contribution in [-0.2, 0) is 0 Å². The molecule has 1 rings (SSSR count). The lowest BCUT2D eigenvalue weighted by atomic mass is 10.3. The number of terminal acetylenes is 1. The highest BCUT2D eigenvalue weighted by Crippen LogP contribution is 2.31. The number of carboxylic acids is 1. The van der Waals surface area contributed by atoms with Crippen LogP contribution in [0.3, 0.4) is 0 Å². The number of anilines is 1. The molecule has 0 saturated carbocycles. The van der Waals surface area contributed by atoms with Gasteiger partial charge in [-0.15, -0.1) is 6.42 Å². The van der Waals surface area contributed by atoms with Crippen molar-refractivity contribution in [1.29, 1.82) is 0 Å². The second-order valence-electron chi connectivity index (χ2n) is 3.31. The molecule has 0 aliphatic rings. The summed E-state index contributed by atoms with van der Waals surface area (Å²) in [6.45, 7) is 0. The van der Waals surface area contributed by atoms with Crippen LogP contribution < -0.4 is 5.32 Å². The zero-order valence-corrected chi connectivity index (χ0v) is 11.4. The molecule has 18 heavy (non-hydrogen) atoms. The standard InChI is InChI=1S/C10H11N3O3S2/c1-4-5-17-8-6(9(14)15)7(18-12-8)11-10(16)13(2)3/h1H,5H2,2-3H3,(H,11,16)(H,14,15). The average Bonchev–Trinajstić information content (AvgIpc) is 2.69. The van der Waals surface area contributed by atoms with E-state index in [1.54, 1.807) is 14.1 Å². The fraction of sp³-hybridized carbons (Fsp3) is 0.300. The van der Waals surface area contributed by atoms with Gasteiger partial charge in [0.05, 0.1) is 5.75 Å². The molecule has 0 aliphatic heterocycles. The Balaban J connectivity index is 2.99. The highest BCUT2D eigenvalue weighted by Gasteiger charge is 2.22. The number of nitrogens with zero attached hydrogens (tertiary/aromatic N) is 2. The fourth-order valence-electron chi connectivity index (χ4n) is 0.967. The monoisotopic (exact) mass is 285 g/mol. The van der Waals surface area contributed by atoms with Crippen molar-refractivity contribution in [2.75, 3.05) is 25.2 Å². The molecule has 0 spiro atoms. The minimum atomic E-state index is -1.14. The molecule has 0 unspecified atom stereocenters. The number of thioether (sulfide) groups is 1. The number of carboxylic acid groups (broad SMARTS) is 1. The first-order valence-electron chi connectivity index (χ1n) is 4.75. The van der Waals surface area contributed by atoms with Crippen molar-refractivity contribution in [3.8, 4) is 12.3 Å². The van der Waals surface area contributed by atoms with Crippen LogP contribution in [0.4, 0.5) is 9.80 Å². The normalized spacial score (nSPS) is 9.61. The van der Waals surface area contributed by atoms with E-state index in [9.17, 15) is 9.59 Å². The Bertz CT molecular complexity index is 505. The third kappa shape index (κ3) is 3.38. The molecule has 0 bridgehead atoms. The lowest BCUT2D eigenvalue weighted by molar-refractivity contribution is 0.0694. The van der Waals surface area contributed by atoms with E-state index in [0.29, 0.717) is 10.8 Å². The Morgan fingerprint density at radius 1 is 1.61 bits per heavy atom. The summed E-state index contributed by atoms with van der Waals surface area (Å²) in [7, 11) is 3.12. The van der Waals surface area contributed by atoms with Crippen molar-refractivity contribution in [2.45, 2.75) is 5.03 Å². The van der Waals surface area contributed by atoms with Gasteiger partial charge in [0.25, 0.3) is 0 Å². The van der Waals surface area contributed by atoms with Gasteiger partial charge in [0, 0.05) is 14.1 Å². The Morgan fingerprint density at radius 2 is 2.28 bits per heavy atom. The maximum absolute atomic E-state index is 11.5. The molecular weight excluding hydrogens is 274 g/mol. The molecule has 1 aromatic heterocycles. The van der Waals surface area contributed by atoms with E-state index >= 15 is 0 Å². The molecule has 1 aromatic rings. The second kappa shape index (κ2) is 6.28. The van der Waals surface area contributed by atoms with Crippen LogP contribution in [0.2, 0.25) is 0 Å².